The summed E-state index contributed by atoms with van der Waals surface area (Å²) in [7, 11) is 0. The van der Waals surface area contributed by atoms with Crippen LogP contribution in [0.4, 0.5) is 0 Å². The summed E-state index contributed by atoms with van der Waals surface area (Å²) in [6, 6.07) is 0. The molecule has 0 aromatic rings. The molecule has 7 heteroatoms. The number of hydrogen-bond donors (Lipinski definition) is 3. The first-order valence-electron chi connectivity index (χ1n) is 0.903. The second-order valence-corrected chi connectivity index (χ2v) is 0.875. The van der Waals surface area contributed by atoms with E-state index in [1.54, 1.807) is 0 Å². The van der Waals surface area contributed by atoms with Crippen molar-refractivity contribution in [1.29, 1.82) is 5.59 Å². The molecule has 0 aromatic heterocycles. The molecule has 6 nitrogen and oxygen atoms in total. The second kappa shape index (κ2) is 9.16. The van der Waals surface area contributed by atoms with Gasteiger partial charge in [0.2, 0.25) is 0 Å². The van der Waals surface area contributed by atoms with E-state index < -0.39 is 11.4 Å². The molecule has 0 fully saturated rings. The van der Waals surface area contributed by atoms with Gasteiger partial charge in [0.25, 0.3) is 0 Å². The summed E-state index contributed by atoms with van der Waals surface area (Å²) < 4.78 is 19.1. The second-order valence-electron chi connectivity index (χ2n) is 0.292. The molecule has 0 bridgehead atoms. The molecular weight excluding hydrogens is 126 g/mol. The predicted octanol–water partition coefficient (Wildman–Crippen LogP) is -0.0557. The van der Waals surface area contributed by atoms with Gasteiger partial charge in [-0.3, -0.25) is 4.55 Å². The van der Waals surface area contributed by atoms with E-state index in [0.29, 0.717) is 0 Å². The highest BCUT2D eigenvalue weighted by atomic mass is 32.2. The van der Waals surface area contributed by atoms with E-state index in [-0.39, 0.29) is 0 Å². The van der Waals surface area contributed by atoms with E-state index in [4.69, 9.17) is 18.9 Å². The van der Waals surface area contributed by atoms with Crippen LogP contribution in [0.15, 0.2) is 0 Å². The summed E-state index contributed by atoms with van der Waals surface area (Å²) >= 11 is -2.52. The Balaban J connectivity index is 0. The topological polar surface area (TPSA) is 108 Å². The van der Waals surface area contributed by atoms with Crippen molar-refractivity contribution in [1.82, 2.24) is 0 Å². The molecule has 0 spiro atoms. The summed E-state index contributed by atoms with van der Waals surface area (Å²) in [5, 5.41) is 7.09. The highest BCUT2D eigenvalue weighted by Crippen LogP contribution is 1.63. The molecule has 0 aliphatic rings. The van der Waals surface area contributed by atoms with E-state index in [2.05, 4.69) is 9.93 Å². The van der Waals surface area contributed by atoms with Crippen molar-refractivity contribution in [3.05, 3.63) is 4.91 Å². The van der Waals surface area contributed by atoms with E-state index in [0.717, 1.165) is 0 Å². The number of hydrogen-bond acceptors (Lipinski definition) is 5. The predicted molar refractivity (Wildman–Crippen MR) is 20.6 cm³/mol. The van der Waals surface area contributed by atoms with Gasteiger partial charge in [0.05, 0.1) is 0 Å². The van der Waals surface area contributed by atoms with E-state index in [1.165, 1.54) is 0 Å². The van der Waals surface area contributed by atoms with Gasteiger partial charge in [-0.15, -0.1) is 4.33 Å². The molecule has 0 radical (unpaired) electrons. The van der Waals surface area contributed by atoms with E-state index in [1.807, 2.05) is 0 Å². The number of rotatable bonds is 1. The van der Waals surface area contributed by atoms with Crippen molar-refractivity contribution in [3.8, 4) is 0 Å². The van der Waals surface area contributed by atoms with Crippen LogP contribution in [-0.4, -0.2) is 14.0 Å². The van der Waals surface area contributed by atoms with Crippen molar-refractivity contribution < 1.29 is 18.4 Å². The monoisotopic (exact) mass is 129 g/mol. The molecular formula is H3NO5S. The summed E-state index contributed by atoms with van der Waals surface area (Å²) in [6.45, 7) is 0. The van der Waals surface area contributed by atoms with Crippen LogP contribution in [0.2, 0.25) is 0 Å². The molecule has 1 atom stereocenters. The molecule has 0 saturated carbocycles. The fraction of sp³-hybridized carbons (Fsp3) is 0. The quantitative estimate of drug-likeness (QED) is 0.199. The Labute approximate surface area is 41.3 Å². The van der Waals surface area contributed by atoms with Gasteiger partial charge in [0.1, 0.15) is 0 Å². The maximum Gasteiger partial charge on any atom is 0.330 e. The minimum Gasteiger partial charge on any atom is -0.282 e. The fourth-order valence-corrected chi connectivity index (χ4v) is 0. The Kier molecular flexibility index (Phi) is 12.8. The van der Waals surface area contributed by atoms with Crippen LogP contribution in [0, 0.1) is 10.5 Å². The van der Waals surface area contributed by atoms with E-state index >= 15 is 0 Å². The maximum atomic E-state index is 9.01. The average molecular weight is 129 g/mol. The maximum absolute atomic E-state index is 9.01. The van der Waals surface area contributed by atoms with Crippen LogP contribution in [0.1, 0.15) is 0 Å². The van der Waals surface area contributed by atoms with Crippen LogP contribution in [0.5, 0.6) is 0 Å². The van der Waals surface area contributed by atoms with Crippen LogP contribution in [-0.2, 0) is 15.7 Å². The van der Waals surface area contributed by atoms with Gasteiger partial charge in [0.15, 0.2) is 0 Å². The molecule has 44 valence electrons. The summed E-state index contributed by atoms with van der Waals surface area (Å²) in [5.41, 5.74) is 4.50. The first-order valence-corrected chi connectivity index (χ1v) is 1.93. The molecule has 0 heterocycles. The summed E-state index contributed by atoms with van der Waals surface area (Å²) in [6.07, 6.45) is 0. The SMILES string of the molecule is N=O.O=S(O)OO. The molecule has 0 rings (SSSR count). The zero-order valence-corrected chi connectivity index (χ0v) is 3.84. The fourth-order valence-electron chi connectivity index (χ4n) is 0. The molecule has 0 saturated heterocycles. The molecule has 0 amide bonds. The largest absolute Gasteiger partial charge is 0.330 e. The Bertz CT molecular complexity index is 52.0. The average Bonchev–Trinajstić information content (AvgIpc) is 1.73. The first kappa shape index (κ1) is 9.80. The van der Waals surface area contributed by atoms with Gasteiger partial charge in [-0.2, -0.15) is 9.12 Å². The molecule has 0 aliphatic heterocycles. The third-order valence-corrected chi connectivity index (χ3v) is 0.191. The Morgan fingerprint density at radius 1 is 1.57 bits per heavy atom. The number of nitrogens with one attached hydrogen (secondary N) is 1. The van der Waals surface area contributed by atoms with Crippen molar-refractivity contribution in [3.63, 3.8) is 0 Å². The third-order valence-electron chi connectivity index (χ3n) is 0.0638. The minimum atomic E-state index is -2.52. The number of nitroso groups, excluding NO2 is 1. The van der Waals surface area contributed by atoms with Crippen molar-refractivity contribution in [2.45, 2.75) is 0 Å². The molecule has 0 aromatic carbocycles. The van der Waals surface area contributed by atoms with Crippen LogP contribution in [0.3, 0.4) is 0 Å². The molecule has 7 heavy (non-hydrogen) atoms. The normalized spacial score (nSPS) is 11.1. The van der Waals surface area contributed by atoms with Gasteiger partial charge in [-0.05, 0) is 0 Å². The van der Waals surface area contributed by atoms with Crippen LogP contribution >= 0.6 is 0 Å². The Morgan fingerprint density at radius 2 is 1.71 bits per heavy atom. The lowest BCUT2D eigenvalue weighted by Gasteiger charge is -1.73. The van der Waals surface area contributed by atoms with E-state index in [9.17, 15) is 0 Å². The lowest BCUT2D eigenvalue weighted by molar-refractivity contribution is -0.131. The zero-order chi connectivity index (χ0) is 6.28. The van der Waals surface area contributed by atoms with Crippen molar-refractivity contribution in [2.24, 2.45) is 0 Å². The third kappa shape index (κ3) is 27.9. The Morgan fingerprint density at radius 3 is 1.71 bits per heavy atom. The standard InChI is InChI=1S/HNO.H2O4S/c1-2;1-4-5(2)3/h1H;1H,(H,2,3). The molecule has 1 unspecified atom stereocenters. The lowest BCUT2D eigenvalue weighted by atomic mass is 13.8. The van der Waals surface area contributed by atoms with Gasteiger partial charge in [-0.25, -0.2) is 5.26 Å². The van der Waals surface area contributed by atoms with Crippen molar-refractivity contribution in [2.75, 3.05) is 0 Å². The minimum absolute atomic E-state index is 2.52. The highest BCUT2D eigenvalue weighted by Gasteiger charge is 1.78. The van der Waals surface area contributed by atoms with Gasteiger partial charge in [0, 0.05) is 0 Å². The Hall–Kier alpha value is -0.370. The molecule has 3 N–H and O–H groups in total. The van der Waals surface area contributed by atoms with Crippen LogP contribution < -0.4 is 0 Å². The zero-order valence-electron chi connectivity index (χ0n) is 3.03. The van der Waals surface area contributed by atoms with Gasteiger partial charge >= 0.3 is 11.4 Å². The van der Waals surface area contributed by atoms with Gasteiger partial charge < -0.3 is 0 Å². The highest BCUT2D eigenvalue weighted by molar-refractivity contribution is 7.74. The first-order chi connectivity index (χ1) is 3.27. The lowest BCUT2D eigenvalue weighted by Crippen LogP contribution is -1.85. The van der Waals surface area contributed by atoms with Crippen molar-refractivity contribution >= 4 is 11.4 Å². The summed E-state index contributed by atoms with van der Waals surface area (Å²) in [5.74, 6) is 0. The van der Waals surface area contributed by atoms with Crippen LogP contribution in [0.25, 0.3) is 0 Å². The molecule has 0 aliphatic carbocycles. The summed E-state index contributed by atoms with van der Waals surface area (Å²) in [4.78, 5) is 7.50. The van der Waals surface area contributed by atoms with Gasteiger partial charge in [-0.1, -0.05) is 5.59 Å². The smallest absolute Gasteiger partial charge is 0.282 e.